The van der Waals surface area contributed by atoms with E-state index < -0.39 is 0 Å². The van der Waals surface area contributed by atoms with Crippen LogP contribution in [0.5, 0.6) is 5.75 Å². The fourth-order valence-corrected chi connectivity index (χ4v) is 6.29. The second-order valence-corrected chi connectivity index (χ2v) is 11.0. The fraction of sp³-hybridized carbons (Fsp3) is 0.139. The maximum atomic E-state index is 6.35. The molecule has 0 saturated heterocycles. The number of hydrogen-bond donors (Lipinski definition) is 1. The van der Waals surface area contributed by atoms with Gasteiger partial charge < -0.3 is 10.1 Å². The van der Waals surface area contributed by atoms with Crippen LogP contribution in [0, 0.1) is 5.92 Å². The number of rotatable bonds is 6. The zero-order valence-corrected chi connectivity index (χ0v) is 22.8. The molecule has 1 heterocycles. The quantitative estimate of drug-likeness (QED) is 0.172. The van der Waals surface area contributed by atoms with Gasteiger partial charge in [0.2, 0.25) is 0 Å². The topological polar surface area (TPSA) is 33.6 Å². The summed E-state index contributed by atoms with van der Waals surface area (Å²) in [5, 5.41) is 6.86. The molecule has 0 bridgehead atoms. The lowest BCUT2D eigenvalue weighted by molar-refractivity contribution is 0.307. The van der Waals surface area contributed by atoms with E-state index in [1.54, 1.807) is 0 Å². The number of para-hydroxylation sites is 1. The third kappa shape index (κ3) is 4.78. The minimum absolute atomic E-state index is 0.273. The van der Waals surface area contributed by atoms with Crippen LogP contribution in [0.4, 0.5) is 11.4 Å². The van der Waals surface area contributed by atoms with Gasteiger partial charge in [-0.3, -0.25) is 4.99 Å². The zero-order valence-electron chi connectivity index (χ0n) is 22.0. The smallest absolute Gasteiger partial charge is 0.128 e. The Kier molecular flexibility index (Phi) is 6.59. The molecular formula is C36H29ClN2O. The number of ether oxygens (including phenoxy) is 1. The maximum Gasteiger partial charge on any atom is 0.128 e. The lowest BCUT2D eigenvalue weighted by Gasteiger charge is -2.37. The normalized spacial score (nSPS) is 19.4. The monoisotopic (exact) mass is 540 g/mol. The molecule has 2 aliphatic rings. The molecule has 3 atom stereocenters. The number of halogens is 1. The minimum atomic E-state index is 0.273. The van der Waals surface area contributed by atoms with Gasteiger partial charge in [0.15, 0.2) is 0 Å². The third-order valence-corrected chi connectivity index (χ3v) is 8.35. The predicted molar refractivity (Wildman–Crippen MR) is 166 cm³/mol. The SMILES string of the molecule is Clc1ccc(OCc2cccc3ccccc23)c(C=Nc2ccc([C@@H]3Nc4ccccc4[C@@H]4C=CC[C@@H]43)cc2)c1. The van der Waals surface area contributed by atoms with Crippen molar-refractivity contribution in [3.05, 3.63) is 149 Å². The lowest BCUT2D eigenvalue weighted by atomic mass is 9.77. The Morgan fingerprint density at radius 3 is 2.62 bits per heavy atom. The summed E-state index contributed by atoms with van der Waals surface area (Å²) in [5.41, 5.74) is 6.81. The fourth-order valence-electron chi connectivity index (χ4n) is 6.11. The van der Waals surface area contributed by atoms with E-state index in [-0.39, 0.29) is 6.04 Å². The summed E-state index contributed by atoms with van der Waals surface area (Å²) < 4.78 is 6.28. The Morgan fingerprint density at radius 1 is 0.875 bits per heavy atom. The predicted octanol–water partition coefficient (Wildman–Crippen LogP) is 9.65. The Balaban J connectivity index is 1.09. The number of allylic oxidation sites excluding steroid dienone is 2. The van der Waals surface area contributed by atoms with Gasteiger partial charge in [-0.1, -0.05) is 96.5 Å². The molecule has 196 valence electrons. The van der Waals surface area contributed by atoms with Crippen LogP contribution in [0.2, 0.25) is 5.02 Å². The second kappa shape index (κ2) is 10.7. The Bertz CT molecular complexity index is 1740. The number of fused-ring (bicyclic) bond motifs is 4. The van der Waals surface area contributed by atoms with Crippen LogP contribution in [0.15, 0.2) is 126 Å². The van der Waals surface area contributed by atoms with E-state index in [9.17, 15) is 0 Å². The van der Waals surface area contributed by atoms with Gasteiger partial charge >= 0.3 is 0 Å². The molecular weight excluding hydrogens is 512 g/mol. The molecule has 0 fully saturated rings. The van der Waals surface area contributed by atoms with Crippen molar-refractivity contribution in [2.75, 3.05) is 5.32 Å². The minimum Gasteiger partial charge on any atom is -0.488 e. The Labute approximate surface area is 239 Å². The first kappa shape index (κ1) is 24.7. The molecule has 0 aromatic heterocycles. The standard InChI is InChI=1S/C36H29ClN2O/c37-28-17-20-35(40-23-26-9-5-8-24-7-1-2-10-30(24)26)27(21-28)22-38-29-18-15-25(16-19-29)36-33-13-6-12-31(33)32-11-3-4-14-34(32)39-36/h1-12,14-22,31,33,36,39H,13,23H2/t31-,33-,36-/m0/s1. The summed E-state index contributed by atoms with van der Waals surface area (Å²) in [6, 6.07) is 37.9. The second-order valence-electron chi connectivity index (χ2n) is 10.5. The van der Waals surface area contributed by atoms with E-state index in [4.69, 9.17) is 21.3 Å². The molecule has 0 amide bonds. The third-order valence-electron chi connectivity index (χ3n) is 8.11. The summed E-state index contributed by atoms with van der Waals surface area (Å²) in [7, 11) is 0. The number of nitrogens with zero attached hydrogens (tertiary/aromatic N) is 1. The number of anilines is 1. The van der Waals surface area contributed by atoms with Gasteiger partial charge in [0.25, 0.3) is 0 Å². The molecule has 40 heavy (non-hydrogen) atoms. The summed E-state index contributed by atoms with van der Waals surface area (Å²) in [4.78, 5) is 4.78. The summed E-state index contributed by atoms with van der Waals surface area (Å²) >= 11 is 6.35. The maximum absolute atomic E-state index is 6.35. The van der Waals surface area contributed by atoms with Gasteiger partial charge in [-0.25, -0.2) is 0 Å². The first-order valence-corrected chi connectivity index (χ1v) is 14.2. The molecule has 3 nitrogen and oxygen atoms in total. The van der Waals surface area contributed by atoms with Crippen LogP contribution >= 0.6 is 11.6 Å². The van der Waals surface area contributed by atoms with E-state index in [2.05, 4.69) is 108 Å². The van der Waals surface area contributed by atoms with Gasteiger partial charge in [-0.2, -0.15) is 0 Å². The summed E-state index contributed by atoms with van der Waals surface area (Å²) in [6.45, 7) is 0.465. The van der Waals surface area contributed by atoms with Crippen molar-refractivity contribution >= 4 is 40.0 Å². The largest absolute Gasteiger partial charge is 0.488 e. The van der Waals surface area contributed by atoms with Crippen LogP contribution in [-0.4, -0.2) is 6.21 Å². The van der Waals surface area contributed by atoms with E-state index in [0.29, 0.717) is 23.5 Å². The van der Waals surface area contributed by atoms with Crippen molar-refractivity contribution in [1.29, 1.82) is 0 Å². The van der Waals surface area contributed by atoms with E-state index in [1.165, 1.54) is 27.6 Å². The molecule has 1 aliphatic heterocycles. The zero-order chi connectivity index (χ0) is 26.9. The number of hydrogen-bond acceptors (Lipinski definition) is 3. The van der Waals surface area contributed by atoms with Crippen LogP contribution in [0.25, 0.3) is 10.8 Å². The molecule has 7 rings (SSSR count). The average molecular weight is 541 g/mol. The summed E-state index contributed by atoms with van der Waals surface area (Å²) in [5.74, 6) is 1.75. The molecule has 5 aromatic carbocycles. The van der Waals surface area contributed by atoms with Gasteiger partial charge in [-0.15, -0.1) is 0 Å². The summed E-state index contributed by atoms with van der Waals surface area (Å²) in [6.07, 6.45) is 7.63. The van der Waals surface area contributed by atoms with Gasteiger partial charge in [0.1, 0.15) is 12.4 Å². The highest BCUT2D eigenvalue weighted by atomic mass is 35.5. The highest BCUT2D eigenvalue weighted by Gasteiger charge is 2.37. The van der Waals surface area contributed by atoms with Crippen molar-refractivity contribution in [3.8, 4) is 5.75 Å². The van der Waals surface area contributed by atoms with Crippen molar-refractivity contribution < 1.29 is 4.74 Å². The number of benzene rings is 5. The van der Waals surface area contributed by atoms with Crippen LogP contribution < -0.4 is 10.1 Å². The highest BCUT2D eigenvalue weighted by Crippen LogP contribution is 2.49. The van der Waals surface area contributed by atoms with E-state index in [0.717, 1.165) is 29.0 Å². The Morgan fingerprint density at radius 2 is 1.70 bits per heavy atom. The van der Waals surface area contributed by atoms with Crippen molar-refractivity contribution in [2.45, 2.75) is 25.0 Å². The van der Waals surface area contributed by atoms with Gasteiger partial charge in [-0.05, 0) is 76.2 Å². The van der Waals surface area contributed by atoms with Gasteiger partial charge in [0, 0.05) is 28.4 Å². The molecule has 4 heteroatoms. The van der Waals surface area contributed by atoms with Crippen LogP contribution in [-0.2, 0) is 6.61 Å². The van der Waals surface area contributed by atoms with Crippen LogP contribution in [0.1, 0.15) is 40.6 Å². The van der Waals surface area contributed by atoms with Crippen molar-refractivity contribution in [1.82, 2.24) is 0 Å². The number of nitrogens with one attached hydrogen (secondary N) is 1. The van der Waals surface area contributed by atoms with E-state index in [1.807, 2.05) is 24.4 Å². The highest BCUT2D eigenvalue weighted by molar-refractivity contribution is 6.30. The molecule has 1 N–H and O–H groups in total. The first-order valence-electron chi connectivity index (χ1n) is 13.8. The molecule has 0 unspecified atom stereocenters. The van der Waals surface area contributed by atoms with Crippen molar-refractivity contribution in [3.63, 3.8) is 0 Å². The van der Waals surface area contributed by atoms with Crippen molar-refractivity contribution in [2.24, 2.45) is 10.9 Å². The molecule has 0 radical (unpaired) electrons. The molecule has 0 saturated carbocycles. The molecule has 0 spiro atoms. The molecule has 5 aromatic rings. The number of aliphatic imine (C=N–C) groups is 1. The molecule has 1 aliphatic carbocycles. The van der Waals surface area contributed by atoms with Gasteiger partial charge in [0.05, 0.1) is 11.7 Å². The average Bonchev–Trinajstić information content (AvgIpc) is 3.50. The van der Waals surface area contributed by atoms with Crippen LogP contribution in [0.3, 0.4) is 0 Å². The lowest BCUT2D eigenvalue weighted by Crippen LogP contribution is -2.28. The van der Waals surface area contributed by atoms with E-state index >= 15 is 0 Å². The Hall–Kier alpha value is -4.34. The first-order chi connectivity index (χ1) is 19.7.